The SMILES string of the molecule is CC(=O)O[C@@H]1CC(C)=C2[C@H]1[C@H](C)CC[C@H]2/C=C(/C)C(=O)O. The highest BCUT2D eigenvalue weighted by Gasteiger charge is 2.43. The fraction of sp³-hybridized carbons (Fsp3) is 0.647. The Hall–Kier alpha value is -1.58. The molecule has 21 heavy (non-hydrogen) atoms. The molecule has 116 valence electrons. The van der Waals surface area contributed by atoms with Crippen molar-refractivity contribution in [2.45, 2.75) is 53.1 Å². The summed E-state index contributed by atoms with van der Waals surface area (Å²) in [7, 11) is 0. The first-order valence-electron chi connectivity index (χ1n) is 7.59. The van der Waals surface area contributed by atoms with Gasteiger partial charge in [0.2, 0.25) is 0 Å². The van der Waals surface area contributed by atoms with Gasteiger partial charge in [-0.15, -0.1) is 0 Å². The second-order valence-electron chi connectivity index (χ2n) is 6.43. The Balaban J connectivity index is 2.29. The second kappa shape index (κ2) is 6.04. The Bertz CT molecular complexity index is 515. The molecule has 0 spiro atoms. The van der Waals surface area contributed by atoms with E-state index < -0.39 is 5.97 Å². The van der Waals surface area contributed by atoms with E-state index in [-0.39, 0.29) is 23.9 Å². The third-order valence-corrected chi connectivity index (χ3v) is 4.81. The molecule has 4 atom stereocenters. The summed E-state index contributed by atoms with van der Waals surface area (Å²) in [6.45, 7) is 7.38. The van der Waals surface area contributed by atoms with Crippen LogP contribution in [0.2, 0.25) is 0 Å². The highest BCUT2D eigenvalue weighted by atomic mass is 16.5. The molecule has 0 aromatic rings. The van der Waals surface area contributed by atoms with E-state index in [0.29, 0.717) is 11.5 Å². The van der Waals surface area contributed by atoms with E-state index in [2.05, 4.69) is 13.8 Å². The topological polar surface area (TPSA) is 63.6 Å². The summed E-state index contributed by atoms with van der Waals surface area (Å²) in [5.74, 6) is -0.219. The molecule has 1 N–H and O–H groups in total. The van der Waals surface area contributed by atoms with Crippen molar-refractivity contribution in [3.05, 3.63) is 22.8 Å². The van der Waals surface area contributed by atoms with Gasteiger partial charge in [-0.25, -0.2) is 4.79 Å². The summed E-state index contributed by atoms with van der Waals surface area (Å²) >= 11 is 0. The van der Waals surface area contributed by atoms with Crippen molar-refractivity contribution in [3.63, 3.8) is 0 Å². The number of rotatable bonds is 3. The van der Waals surface area contributed by atoms with Crippen LogP contribution < -0.4 is 0 Å². The molecule has 2 aliphatic rings. The van der Waals surface area contributed by atoms with Gasteiger partial charge in [-0.3, -0.25) is 4.79 Å². The highest BCUT2D eigenvalue weighted by molar-refractivity contribution is 5.85. The third-order valence-electron chi connectivity index (χ3n) is 4.81. The van der Waals surface area contributed by atoms with Gasteiger partial charge in [0.15, 0.2) is 0 Å². The van der Waals surface area contributed by atoms with E-state index in [0.717, 1.165) is 19.3 Å². The van der Waals surface area contributed by atoms with Crippen LogP contribution in [0.5, 0.6) is 0 Å². The molecular weight excluding hydrogens is 268 g/mol. The number of carboxylic acid groups (broad SMARTS) is 1. The molecule has 4 nitrogen and oxygen atoms in total. The van der Waals surface area contributed by atoms with E-state index in [9.17, 15) is 9.59 Å². The van der Waals surface area contributed by atoms with Gasteiger partial charge < -0.3 is 9.84 Å². The van der Waals surface area contributed by atoms with Crippen molar-refractivity contribution < 1.29 is 19.4 Å². The Kier molecular flexibility index (Phi) is 4.55. The van der Waals surface area contributed by atoms with Crippen LogP contribution in [0.1, 0.15) is 47.0 Å². The average Bonchev–Trinajstić information content (AvgIpc) is 2.69. The van der Waals surface area contributed by atoms with E-state index in [4.69, 9.17) is 9.84 Å². The van der Waals surface area contributed by atoms with E-state index >= 15 is 0 Å². The monoisotopic (exact) mass is 292 g/mol. The number of aliphatic carboxylic acids is 1. The van der Waals surface area contributed by atoms with Gasteiger partial charge in [0.05, 0.1) is 0 Å². The zero-order valence-electron chi connectivity index (χ0n) is 13.2. The summed E-state index contributed by atoms with van der Waals surface area (Å²) < 4.78 is 5.50. The minimum Gasteiger partial charge on any atom is -0.478 e. The number of ether oxygens (including phenoxy) is 1. The van der Waals surface area contributed by atoms with Crippen molar-refractivity contribution in [1.29, 1.82) is 0 Å². The van der Waals surface area contributed by atoms with Crippen LogP contribution >= 0.6 is 0 Å². The van der Waals surface area contributed by atoms with Gasteiger partial charge in [-0.2, -0.15) is 0 Å². The smallest absolute Gasteiger partial charge is 0.330 e. The van der Waals surface area contributed by atoms with Crippen molar-refractivity contribution in [3.8, 4) is 0 Å². The fourth-order valence-electron chi connectivity index (χ4n) is 3.92. The summed E-state index contributed by atoms with van der Waals surface area (Å²) in [5.41, 5.74) is 2.96. The molecule has 2 aliphatic carbocycles. The molecule has 0 unspecified atom stereocenters. The van der Waals surface area contributed by atoms with Crippen molar-refractivity contribution in [2.75, 3.05) is 0 Å². The molecule has 0 aromatic carbocycles. The van der Waals surface area contributed by atoms with Gasteiger partial charge in [-0.05, 0) is 38.5 Å². The van der Waals surface area contributed by atoms with Crippen LogP contribution in [0, 0.1) is 17.8 Å². The van der Waals surface area contributed by atoms with Crippen molar-refractivity contribution in [1.82, 2.24) is 0 Å². The quantitative estimate of drug-likeness (QED) is 0.492. The molecule has 0 amide bonds. The lowest BCUT2D eigenvalue weighted by molar-refractivity contribution is -0.148. The van der Waals surface area contributed by atoms with Gasteiger partial charge in [0, 0.05) is 24.8 Å². The van der Waals surface area contributed by atoms with Crippen LogP contribution in [0.25, 0.3) is 0 Å². The predicted molar refractivity (Wildman–Crippen MR) is 79.6 cm³/mol. The first kappa shape index (κ1) is 15.8. The van der Waals surface area contributed by atoms with E-state index in [1.54, 1.807) is 6.92 Å². The minimum atomic E-state index is -0.863. The molecule has 0 aromatic heterocycles. The third kappa shape index (κ3) is 3.20. The molecule has 2 rings (SSSR count). The summed E-state index contributed by atoms with van der Waals surface area (Å²) in [5, 5.41) is 9.09. The maximum absolute atomic E-state index is 11.3. The maximum atomic E-state index is 11.3. The van der Waals surface area contributed by atoms with Crippen molar-refractivity contribution in [2.24, 2.45) is 17.8 Å². The molecule has 1 fully saturated rings. The van der Waals surface area contributed by atoms with Gasteiger partial charge in [0.25, 0.3) is 0 Å². The number of hydrogen-bond donors (Lipinski definition) is 1. The van der Waals surface area contributed by atoms with Crippen LogP contribution in [0.4, 0.5) is 0 Å². The zero-order chi connectivity index (χ0) is 15.7. The van der Waals surface area contributed by atoms with Crippen LogP contribution in [0.3, 0.4) is 0 Å². The molecule has 0 radical (unpaired) electrons. The highest BCUT2D eigenvalue weighted by Crippen LogP contribution is 2.49. The largest absolute Gasteiger partial charge is 0.478 e. The van der Waals surface area contributed by atoms with Crippen LogP contribution in [-0.4, -0.2) is 23.1 Å². The molecular formula is C17H24O4. The standard InChI is InChI=1S/C17H24O4/c1-9-5-6-13(7-11(3)17(19)20)15-10(2)8-14(16(9)15)21-12(4)18/h7,9,13-14,16H,5-6,8H2,1-4H3,(H,19,20)/b11-7-/t9-,13+,14-,16+/m1/s1. The number of esters is 1. The maximum Gasteiger partial charge on any atom is 0.330 e. The predicted octanol–water partition coefficient (Wildman–Crippen LogP) is 3.33. The second-order valence-corrected chi connectivity index (χ2v) is 6.43. The molecule has 0 heterocycles. The first-order chi connectivity index (χ1) is 9.81. The lowest BCUT2D eigenvalue weighted by atomic mass is 9.70. The molecule has 1 saturated carbocycles. The Morgan fingerprint density at radius 1 is 1.29 bits per heavy atom. The normalized spacial score (nSPS) is 32.9. The van der Waals surface area contributed by atoms with E-state index in [1.807, 2.05) is 6.08 Å². The number of allylic oxidation sites excluding steroid dienone is 1. The fourth-order valence-corrected chi connectivity index (χ4v) is 3.92. The Morgan fingerprint density at radius 3 is 2.52 bits per heavy atom. The van der Waals surface area contributed by atoms with Gasteiger partial charge in [0.1, 0.15) is 6.10 Å². The molecule has 0 aliphatic heterocycles. The summed E-state index contributed by atoms with van der Waals surface area (Å²) in [6, 6.07) is 0. The summed E-state index contributed by atoms with van der Waals surface area (Å²) in [4.78, 5) is 22.4. The lowest BCUT2D eigenvalue weighted by Crippen LogP contribution is -2.33. The number of carboxylic acids is 1. The first-order valence-corrected chi connectivity index (χ1v) is 7.59. The van der Waals surface area contributed by atoms with E-state index in [1.165, 1.54) is 18.1 Å². The van der Waals surface area contributed by atoms with Gasteiger partial charge in [-0.1, -0.05) is 24.1 Å². The minimum absolute atomic E-state index is 0.0752. The molecule has 0 saturated heterocycles. The number of carbonyl (C=O) groups is 2. The molecule has 0 bridgehead atoms. The Morgan fingerprint density at radius 2 is 1.95 bits per heavy atom. The molecule has 4 heteroatoms. The average molecular weight is 292 g/mol. The Labute approximate surface area is 125 Å². The zero-order valence-corrected chi connectivity index (χ0v) is 13.2. The van der Waals surface area contributed by atoms with Crippen LogP contribution in [-0.2, 0) is 14.3 Å². The van der Waals surface area contributed by atoms with Crippen molar-refractivity contribution >= 4 is 11.9 Å². The van der Waals surface area contributed by atoms with Gasteiger partial charge >= 0.3 is 11.9 Å². The number of carbonyl (C=O) groups excluding carboxylic acids is 1. The lowest BCUT2D eigenvalue weighted by Gasteiger charge is -2.36. The number of fused-ring (bicyclic) bond motifs is 1. The van der Waals surface area contributed by atoms with Crippen LogP contribution in [0.15, 0.2) is 22.8 Å². The number of hydrogen-bond acceptors (Lipinski definition) is 3. The summed E-state index contributed by atoms with van der Waals surface area (Å²) in [6.07, 6.45) is 4.58.